The topological polar surface area (TPSA) is 133 Å². The number of rotatable bonds is 6. The average Bonchev–Trinajstić information content (AvgIpc) is 2.60. The minimum atomic E-state index is -1.24. The zero-order chi connectivity index (χ0) is 21.0. The number of nitrogens with zero attached hydrogens (tertiary/aromatic N) is 2. The summed E-state index contributed by atoms with van der Waals surface area (Å²) in [5, 5.41) is 6.75. The van der Waals surface area contributed by atoms with Crippen LogP contribution in [0.2, 0.25) is 0 Å². The fourth-order valence-corrected chi connectivity index (χ4v) is 2.71. The van der Waals surface area contributed by atoms with Crippen LogP contribution < -0.4 is 16.6 Å². The van der Waals surface area contributed by atoms with Crippen molar-refractivity contribution in [3.63, 3.8) is 0 Å². The Morgan fingerprint density at radius 2 is 1.75 bits per heavy atom. The lowest BCUT2D eigenvalue weighted by molar-refractivity contribution is -0.130. The number of carbonyl (C=O) groups is 3. The van der Waals surface area contributed by atoms with Crippen molar-refractivity contribution >= 4 is 28.7 Å². The maximum atomic E-state index is 12.8. The van der Waals surface area contributed by atoms with Crippen molar-refractivity contribution in [2.24, 2.45) is 17.6 Å². The number of benzene rings is 1. The Morgan fingerprint density at radius 1 is 1.14 bits per heavy atom. The molecule has 1 heterocycles. The molecule has 1 atom stereocenters. The molecule has 0 saturated carbocycles. The van der Waals surface area contributed by atoms with Gasteiger partial charge in [-0.25, -0.2) is 14.3 Å². The van der Waals surface area contributed by atoms with Crippen molar-refractivity contribution in [3.05, 3.63) is 40.3 Å². The molecule has 0 radical (unpaired) electrons. The molecule has 0 unspecified atom stereocenters. The normalized spacial score (nSPS) is 12.2. The van der Waals surface area contributed by atoms with Gasteiger partial charge in [0.05, 0.1) is 5.39 Å². The zero-order valence-corrected chi connectivity index (χ0v) is 16.3. The molecule has 2 aromatic rings. The fraction of sp³-hybridized carbons (Fsp3) is 0.421. The molecule has 0 aliphatic rings. The Labute approximate surface area is 161 Å². The maximum Gasteiger partial charge on any atom is 0.360 e. The third kappa shape index (κ3) is 4.73. The Morgan fingerprint density at radius 3 is 2.29 bits per heavy atom. The first-order valence-corrected chi connectivity index (χ1v) is 8.93. The van der Waals surface area contributed by atoms with E-state index < -0.39 is 29.9 Å². The second kappa shape index (κ2) is 8.64. The summed E-state index contributed by atoms with van der Waals surface area (Å²) in [6, 6.07) is 5.52. The van der Waals surface area contributed by atoms with E-state index in [0.29, 0.717) is 17.3 Å². The van der Waals surface area contributed by atoms with Gasteiger partial charge < -0.3 is 10.5 Å². The highest BCUT2D eigenvalue weighted by atomic mass is 16.5. The summed E-state index contributed by atoms with van der Waals surface area (Å²) in [6.07, 6.45) is -1.24. The van der Waals surface area contributed by atoms with E-state index in [1.807, 2.05) is 19.2 Å². The molecule has 2 rings (SSSR count). The number of nitrogens with one attached hydrogen (secondary N) is 1. The highest BCUT2D eigenvalue weighted by molar-refractivity contribution is 6.03. The van der Waals surface area contributed by atoms with Gasteiger partial charge in [0.25, 0.3) is 11.5 Å². The number of aromatic nitrogens is 2. The van der Waals surface area contributed by atoms with Crippen molar-refractivity contribution in [1.29, 1.82) is 0 Å². The highest BCUT2D eigenvalue weighted by Gasteiger charge is 2.29. The molecular formula is C19H24N4O5. The predicted molar refractivity (Wildman–Crippen MR) is 103 cm³/mol. The number of imide groups is 1. The van der Waals surface area contributed by atoms with E-state index >= 15 is 0 Å². The SMILES string of the molecule is CC(C)Cn1nc(C(=O)O[C@H](C(=O)NC(N)=O)C(C)C)c2ccccc2c1=O. The van der Waals surface area contributed by atoms with Crippen LogP contribution in [0.3, 0.4) is 0 Å². The molecule has 1 aromatic carbocycles. The first kappa shape index (κ1) is 21.1. The number of esters is 1. The van der Waals surface area contributed by atoms with Gasteiger partial charge in [0.15, 0.2) is 11.8 Å². The Bertz CT molecular complexity index is 964. The molecule has 9 nitrogen and oxygen atoms in total. The van der Waals surface area contributed by atoms with Crippen molar-refractivity contribution < 1.29 is 19.1 Å². The molecular weight excluding hydrogens is 364 g/mol. The van der Waals surface area contributed by atoms with Gasteiger partial charge in [0.1, 0.15) is 0 Å². The molecule has 0 spiro atoms. The van der Waals surface area contributed by atoms with Gasteiger partial charge in [-0.15, -0.1) is 0 Å². The zero-order valence-electron chi connectivity index (χ0n) is 16.3. The minimum Gasteiger partial charge on any atom is -0.447 e. The Hall–Kier alpha value is -3.23. The summed E-state index contributed by atoms with van der Waals surface area (Å²) in [5.41, 5.74) is 4.58. The van der Waals surface area contributed by atoms with E-state index in [9.17, 15) is 19.2 Å². The number of hydrogen-bond donors (Lipinski definition) is 2. The summed E-state index contributed by atoms with van der Waals surface area (Å²) in [6.45, 7) is 7.47. The van der Waals surface area contributed by atoms with Crippen LogP contribution >= 0.6 is 0 Å². The molecule has 0 aliphatic heterocycles. The lowest BCUT2D eigenvalue weighted by Crippen LogP contribution is -2.45. The summed E-state index contributed by atoms with van der Waals surface area (Å²) in [5.74, 6) is -1.99. The summed E-state index contributed by atoms with van der Waals surface area (Å²) in [4.78, 5) is 48.5. The molecule has 9 heteroatoms. The van der Waals surface area contributed by atoms with E-state index in [0.717, 1.165) is 0 Å². The lowest BCUT2D eigenvalue weighted by atomic mass is 10.1. The molecule has 0 saturated heterocycles. The first-order valence-electron chi connectivity index (χ1n) is 8.93. The number of amides is 3. The third-order valence-electron chi connectivity index (χ3n) is 3.94. The second-order valence-corrected chi connectivity index (χ2v) is 7.20. The van der Waals surface area contributed by atoms with Crippen LogP contribution in [-0.2, 0) is 16.1 Å². The maximum absolute atomic E-state index is 12.8. The van der Waals surface area contributed by atoms with Crippen LogP contribution in [0.1, 0.15) is 38.2 Å². The molecule has 0 aliphatic carbocycles. The number of hydrogen-bond acceptors (Lipinski definition) is 6. The Balaban J connectivity index is 2.49. The lowest BCUT2D eigenvalue weighted by Gasteiger charge is -2.20. The van der Waals surface area contributed by atoms with Crippen LogP contribution in [0.5, 0.6) is 0 Å². The molecule has 0 bridgehead atoms. The van der Waals surface area contributed by atoms with Crippen LogP contribution in [0.15, 0.2) is 29.1 Å². The summed E-state index contributed by atoms with van der Waals surface area (Å²) >= 11 is 0. The van der Waals surface area contributed by atoms with Crippen LogP contribution in [0.4, 0.5) is 4.79 Å². The van der Waals surface area contributed by atoms with Gasteiger partial charge in [0.2, 0.25) is 0 Å². The fourth-order valence-electron chi connectivity index (χ4n) is 2.71. The number of urea groups is 1. The molecule has 3 N–H and O–H groups in total. The Kier molecular flexibility index (Phi) is 6.50. The van der Waals surface area contributed by atoms with Gasteiger partial charge in [-0.3, -0.25) is 14.9 Å². The summed E-state index contributed by atoms with van der Waals surface area (Å²) < 4.78 is 6.55. The first-order chi connectivity index (χ1) is 13.1. The monoisotopic (exact) mass is 388 g/mol. The van der Waals surface area contributed by atoms with Crippen molar-refractivity contribution in [2.45, 2.75) is 40.3 Å². The van der Waals surface area contributed by atoms with Crippen LogP contribution in [0.25, 0.3) is 10.8 Å². The number of primary amides is 1. The van der Waals surface area contributed by atoms with Gasteiger partial charge in [-0.2, -0.15) is 5.10 Å². The molecule has 28 heavy (non-hydrogen) atoms. The number of fused-ring (bicyclic) bond motifs is 1. The number of nitrogens with two attached hydrogens (primary N) is 1. The largest absolute Gasteiger partial charge is 0.447 e. The van der Waals surface area contributed by atoms with Crippen LogP contribution in [0, 0.1) is 11.8 Å². The van der Waals surface area contributed by atoms with Gasteiger partial charge >= 0.3 is 12.0 Å². The predicted octanol–water partition coefficient (Wildman–Crippen LogP) is 1.43. The van der Waals surface area contributed by atoms with Gasteiger partial charge in [0, 0.05) is 11.9 Å². The van der Waals surface area contributed by atoms with Gasteiger partial charge in [-0.05, 0) is 17.9 Å². The van der Waals surface area contributed by atoms with E-state index in [2.05, 4.69) is 5.10 Å². The van der Waals surface area contributed by atoms with Crippen molar-refractivity contribution in [1.82, 2.24) is 15.1 Å². The average molecular weight is 388 g/mol. The quantitative estimate of drug-likeness (QED) is 0.719. The minimum absolute atomic E-state index is 0.0756. The molecule has 0 fully saturated rings. The number of carbonyl (C=O) groups excluding carboxylic acids is 3. The van der Waals surface area contributed by atoms with E-state index in [4.69, 9.17) is 10.5 Å². The smallest absolute Gasteiger partial charge is 0.360 e. The van der Waals surface area contributed by atoms with E-state index in [-0.39, 0.29) is 17.2 Å². The van der Waals surface area contributed by atoms with Crippen LogP contribution in [-0.4, -0.2) is 33.8 Å². The number of ether oxygens (including phenoxy) is 1. The molecule has 1 aromatic heterocycles. The highest BCUT2D eigenvalue weighted by Crippen LogP contribution is 2.17. The summed E-state index contributed by atoms with van der Waals surface area (Å²) in [7, 11) is 0. The third-order valence-corrected chi connectivity index (χ3v) is 3.94. The van der Waals surface area contributed by atoms with Crippen molar-refractivity contribution in [2.75, 3.05) is 0 Å². The van der Waals surface area contributed by atoms with Crippen molar-refractivity contribution in [3.8, 4) is 0 Å². The van der Waals surface area contributed by atoms with E-state index in [1.54, 1.807) is 38.1 Å². The van der Waals surface area contributed by atoms with E-state index in [1.165, 1.54) is 4.68 Å². The standard InChI is InChI=1S/C19H24N4O5/c1-10(2)9-23-17(25)13-8-6-5-7-12(13)14(22-23)18(26)28-15(11(3)4)16(24)21-19(20)27/h5-8,10-11,15H,9H2,1-4H3,(H3,20,21,24,27)/t15-/m0/s1. The molecule has 3 amide bonds. The molecule has 150 valence electrons. The van der Waals surface area contributed by atoms with Gasteiger partial charge in [-0.1, -0.05) is 45.9 Å². The second-order valence-electron chi connectivity index (χ2n) is 7.20.